The molecule has 0 saturated heterocycles. The largest absolute Gasteiger partial charge is 0.370 e. The lowest BCUT2D eigenvalue weighted by Gasteiger charge is -2.37. The smallest absolute Gasteiger partial charge is 0.246 e. The van der Waals surface area contributed by atoms with Gasteiger partial charge in [-0.05, 0) is 33.1 Å². The average molecular weight is 211 g/mol. The Morgan fingerprint density at radius 3 is 2.47 bits per heavy atom. The fourth-order valence-corrected chi connectivity index (χ4v) is 1.69. The van der Waals surface area contributed by atoms with Crippen LogP contribution in [0.3, 0.4) is 0 Å². The third-order valence-electron chi connectivity index (χ3n) is 2.94. The van der Waals surface area contributed by atoms with Crippen molar-refractivity contribution in [2.24, 2.45) is 5.73 Å². The van der Waals surface area contributed by atoms with Crippen molar-refractivity contribution < 1.29 is 9.26 Å². The molecular weight excluding hydrogens is 194 g/mol. The van der Waals surface area contributed by atoms with Crippen molar-refractivity contribution in [1.29, 1.82) is 0 Å². The third-order valence-corrected chi connectivity index (χ3v) is 2.94. The molecule has 0 bridgehead atoms. The van der Waals surface area contributed by atoms with E-state index in [1.54, 1.807) is 7.11 Å². The van der Waals surface area contributed by atoms with Crippen molar-refractivity contribution in [2.45, 2.75) is 44.2 Å². The maximum atomic E-state index is 5.88. The summed E-state index contributed by atoms with van der Waals surface area (Å²) >= 11 is 0. The van der Waals surface area contributed by atoms with Gasteiger partial charge in [0.05, 0.1) is 5.54 Å². The Balaban J connectivity index is 2.27. The first-order valence-electron chi connectivity index (χ1n) is 5.17. The summed E-state index contributed by atoms with van der Waals surface area (Å²) in [5.74, 6) is 1.09. The monoisotopic (exact) mass is 211 g/mol. The number of nitrogens with zero attached hydrogens (tertiary/aromatic N) is 2. The van der Waals surface area contributed by atoms with E-state index in [0.717, 1.165) is 19.3 Å². The van der Waals surface area contributed by atoms with Crippen molar-refractivity contribution >= 4 is 0 Å². The maximum Gasteiger partial charge on any atom is 0.246 e. The fraction of sp³-hybridized carbons (Fsp3) is 0.800. The molecule has 1 saturated carbocycles. The molecule has 0 radical (unpaired) electrons. The summed E-state index contributed by atoms with van der Waals surface area (Å²) in [6.45, 7) is 3.68. The number of methoxy groups -OCH3 is 1. The second-order valence-electron chi connectivity index (χ2n) is 4.70. The zero-order valence-corrected chi connectivity index (χ0v) is 9.41. The first-order chi connectivity index (χ1) is 6.98. The van der Waals surface area contributed by atoms with Gasteiger partial charge in [-0.2, -0.15) is 4.98 Å². The minimum Gasteiger partial charge on any atom is -0.370 e. The van der Waals surface area contributed by atoms with Crippen LogP contribution in [0.25, 0.3) is 0 Å². The van der Waals surface area contributed by atoms with E-state index < -0.39 is 5.54 Å². The van der Waals surface area contributed by atoms with Crippen molar-refractivity contribution in [3.63, 3.8) is 0 Å². The molecule has 0 aromatic carbocycles. The molecule has 84 valence electrons. The summed E-state index contributed by atoms with van der Waals surface area (Å²) in [7, 11) is 1.68. The molecule has 1 fully saturated rings. The molecule has 1 aromatic heterocycles. The second-order valence-corrected chi connectivity index (χ2v) is 4.70. The predicted molar refractivity (Wildman–Crippen MR) is 54.0 cm³/mol. The van der Waals surface area contributed by atoms with Gasteiger partial charge in [0.25, 0.3) is 0 Å². The highest BCUT2D eigenvalue weighted by atomic mass is 16.5. The van der Waals surface area contributed by atoms with Gasteiger partial charge in [0, 0.05) is 7.11 Å². The Morgan fingerprint density at radius 1 is 1.47 bits per heavy atom. The molecule has 1 aromatic rings. The number of hydrogen-bond donors (Lipinski definition) is 1. The number of nitrogens with two attached hydrogens (primary N) is 1. The lowest BCUT2D eigenvalue weighted by molar-refractivity contribution is -0.0858. The maximum absolute atomic E-state index is 5.88. The minimum atomic E-state index is -0.593. The Kier molecular flexibility index (Phi) is 2.31. The normalized spacial score (nSPS) is 20.0. The Bertz CT molecular complexity index is 344. The Labute approximate surface area is 89.0 Å². The van der Waals surface area contributed by atoms with Crippen LogP contribution in [0.15, 0.2) is 4.52 Å². The van der Waals surface area contributed by atoms with Crippen LogP contribution >= 0.6 is 0 Å². The van der Waals surface area contributed by atoms with Crippen LogP contribution in [0.5, 0.6) is 0 Å². The molecule has 0 unspecified atom stereocenters. The molecule has 1 heterocycles. The van der Waals surface area contributed by atoms with Crippen molar-refractivity contribution in [1.82, 2.24) is 10.1 Å². The molecular formula is C10H17N3O2. The van der Waals surface area contributed by atoms with Gasteiger partial charge in [0.15, 0.2) is 0 Å². The van der Waals surface area contributed by atoms with Crippen LogP contribution in [0.4, 0.5) is 0 Å². The molecule has 15 heavy (non-hydrogen) atoms. The molecule has 5 nitrogen and oxygen atoms in total. The van der Waals surface area contributed by atoms with E-state index in [4.69, 9.17) is 15.0 Å². The van der Waals surface area contributed by atoms with Gasteiger partial charge in [-0.3, -0.25) is 0 Å². The summed E-state index contributed by atoms with van der Waals surface area (Å²) in [6, 6.07) is 0. The van der Waals surface area contributed by atoms with Gasteiger partial charge >= 0.3 is 0 Å². The van der Waals surface area contributed by atoms with Crippen molar-refractivity contribution in [2.75, 3.05) is 7.11 Å². The van der Waals surface area contributed by atoms with Gasteiger partial charge < -0.3 is 15.0 Å². The number of aromatic nitrogens is 2. The minimum absolute atomic E-state index is 0.326. The second kappa shape index (κ2) is 3.28. The Morgan fingerprint density at radius 2 is 2.13 bits per heavy atom. The lowest BCUT2D eigenvalue weighted by Crippen LogP contribution is -2.37. The molecule has 0 amide bonds. The number of ether oxygens (including phenoxy) is 1. The third kappa shape index (κ3) is 1.66. The summed E-state index contributed by atoms with van der Waals surface area (Å²) in [5.41, 5.74) is 4.96. The van der Waals surface area contributed by atoms with Gasteiger partial charge in [-0.15, -0.1) is 0 Å². The number of rotatable bonds is 3. The van der Waals surface area contributed by atoms with E-state index in [-0.39, 0.29) is 5.60 Å². The van der Waals surface area contributed by atoms with Crippen LogP contribution in [0.2, 0.25) is 0 Å². The van der Waals surface area contributed by atoms with E-state index in [1.807, 2.05) is 13.8 Å². The van der Waals surface area contributed by atoms with Gasteiger partial charge in [-0.1, -0.05) is 5.16 Å². The topological polar surface area (TPSA) is 74.2 Å². The van der Waals surface area contributed by atoms with E-state index in [0.29, 0.717) is 11.7 Å². The average Bonchev–Trinajstić information content (AvgIpc) is 2.51. The van der Waals surface area contributed by atoms with Crippen LogP contribution in [0, 0.1) is 0 Å². The van der Waals surface area contributed by atoms with Crippen LogP contribution in [0.1, 0.15) is 44.8 Å². The van der Waals surface area contributed by atoms with Crippen LogP contribution < -0.4 is 5.73 Å². The van der Waals surface area contributed by atoms with E-state index in [1.165, 1.54) is 0 Å². The summed E-state index contributed by atoms with van der Waals surface area (Å²) < 4.78 is 10.6. The summed E-state index contributed by atoms with van der Waals surface area (Å²) in [5, 5.41) is 3.96. The fourth-order valence-electron chi connectivity index (χ4n) is 1.69. The van der Waals surface area contributed by atoms with Crippen LogP contribution in [-0.4, -0.2) is 17.3 Å². The molecule has 1 aliphatic rings. The molecule has 2 N–H and O–H groups in total. The van der Waals surface area contributed by atoms with E-state index in [2.05, 4.69) is 10.1 Å². The highest BCUT2D eigenvalue weighted by molar-refractivity contribution is 5.08. The van der Waals surface area contributed by atoms with Gasteiger partial charge in [-0.25, -0.2) is 0 Å². The molecule has 0 spiro atoms. The molecule has 0 atom stereocenters. The van der Waals surface area contributed by atoms with Crippen molar-refractivity contribution in [3.8, 4) is 0 Å². The quantitative estimate of drug-likeness (QED) is 0.815. The highest BCUT2D eigenvalue weighted by Crippen LogP contribution is 2.42. The zero-order valence-electron chi connectivity index (χ0n) is 9.41. The summed E-state index contributed by atoms with van der Waals surface area (Å²) in [4.78, 5) is 4.32. The first-order valence-corrected chi connectivity index (χ1v) is 5.17. The molecule has 5 heteroatoms. The van der Waals surface area contributed by atoms with Crippen molar-refractivity contribution in [3.05, 3.63) is 11.7 Å². The van der Waals surface area contributed by atoms with E-state index in [9.17, 15) is 0 Å². The molecule has 1 aliphatic carbocycles. The molecule has 0 aliphatic heterocycles. The standard InChI is InChI=1S/C10H17N3O2/c1-9(2,11)8-12-7(13-15-8)10(14-3)5-4-6-10/h4-6,11H2,1-3H3. The van der Waals surface area contributed by atoms with E-state index >= 15 is 0 Å². The first kappa shape index (κ1) is 10.6. The molecule has 2 rings (SSSR count). The lowest BCUT2D eigenvalue weighted by atomic mass is 9.79. The SMILES string of the molecule is COC1(c2noc(C(C)(C)N)n2)CCC1. The zero-order chi connectivity index (χ0) is 11.1. The summed E-state index contributed by atoms with van der Waals surface area (Å²) in [6.07, 6.45) is 3.05. The van der Waals surface area contributed by atoms with Gasteiger partial charge in [0.2, 0.25) is 11.7 Å². The van der Waals surface area contributed by atoms with Gasteiger partial charge in [0.1, 0.15) is 5.60 Å². The number of hydrogen-bond acceptors (Lipinski definition) is 5. The Hall–Kier alpha value is -0.940. The predicted octanol–water partition coefficient (Wildman–Crippen LogP) is 1.29. The van der Waals surface area contributed by atoms with Crippen LogP contribution in [-0.2, 0) is 15.9 Å². The highest BCUT2D eigenvalue weighted by Gasteiger charge is 2.43.